The van der Waals surface area contributed by atoms with Crippen molar-refractivity contribution in [1.82, 2.24) is 0 Å². The van der Waals surface area contributed by atoms with E-state index in [9.17, 15) is 14.4 Å². The minimum atomic E-state index is -0.787. The Morgan fingerprint density at radius 2 is 1.90 bits per heavy atom. The second-order valence-corrected chi connectivity index (χ2v) is 7.11. The van der Waals surface area contributed by atoms with Crippen LogP contribution in [0.2, 0.25) is 5.02 Å². The Morgan fingerprint density at radius 3 is 2.52 bits per heavy atom. The molecule has 0 saturated heterocycles. The highest BCUT2D eigenvalue weighted by Gasteiger charge is 2.18. The molecule has 0 aliphatic carbocycles. The first kappa shape index (κ1) is 22.5. The van der Waals surface area contributed by atoms with E-state index in [2.05, 4.69) is 21.2 Å². The van der Waals surface area contributed by atoms with Crippen LogP contribution in [-0.2, 0) is 14.3 Å². The first-order valence-corrected chi connectivity index (χ1v) is 9.40. The Bertz CT molecular complexity index is 951. The molecule has 2 amide bonds. The number of primary amides is 1. The quantitative estimate of drug-likeness (QED) is 0.555. The number of methoxy groups -OCH3 is 1. The Labute approximate surface area is 180 Å². The summed E-state index contributed by atoms with van der Waals surface area (Å²) in [5.74, 6) is -1.82. The van der Waals surface area contributed by atoms with E-state index in [4.69, 9.17) is 31.5 Å². The van der Waals surface area contributed by atoms with Gasteiger partial charge >= 0.3 is 5.97 Å². The van der Waals surface area contributed by atoms with Crippen LogP contribution in [0.4, 0.5) is 5.69 Å². The molecule has 8 nitrogen and oxygen atoms in total. The molecular formula is C19H18BrClN2O6. The van der Waals surface area contributed by atoms with Gasteiger partial charge in [0.2, 0.25) is 0 Å². The van der Waals surface area contributed by atoms with Crippen molar-refractivity contribution < 1.29 is 28.6 Å². The minimum Gasteiger partial charge on any atom is -0.493 e. The summed E-state index contributed by atoms with van der Waals surface area (Å²) >= 11 is 9.44. The lowest BCUT2D eigenvalue weighted by atomic mass is 10.2. The highest BCUT2D eigenvalue weighted by Crippen LogP contribution is 2.36. The molecule has 0 fully saturated rings. The number of benzene rings is 2. The van der Waals surface area contributed by atoms with Crippen molar-refractivity contribution in [1.29, 1.82) is 0 Å². The third-order valence-corrected chi connectivity index (χ3v) is 4.49. The van der Waals surface area contributed by atoms with E-state index < -0.39 is 31.0 Å². The van der Waals surface area contributed by atoms with E-state index in [0.717, 1.165) is 5.56 Å². The number of esters is 1. The van der Waals surface area contributed by atoms with E-state index in [1.54, 1.807) is 6.07 Å². The van der Waals surface area contributed by atoms with E-state index in [-0.39, 0.29) is 22.1 Å². The van der Waals surface area contributed by atoms with Gasteiger partial charge in [-0.25, -0.2) is 4.79 Å². The number of anilines is 1. The van der Waals surface area contributed by atoms with E-state index in [0.29, 0.717) is 10.2 Å². The second kappa shape index (κ2) is 10.1. The van der Waals surface area contributed by atoms with E-state index in [1.807, 2.05) is 19.1 Å². The summed E-state index contributed by atoms with van der Waals surface area (Å²) in [6.07, 6.45) is 0. The molecule has 2 rings (SSSR count). The topological polar surface area (TPSA) is 117 Å². The maximum Gasteiger partial charge on any atom is 0.338 e. The number of hydrogen-bond donors (Lipinski definition) is 2. The molecular weight excluding hydrogens is 468 g/mol. The summed E-state index contributed by atoms with van der Waals surface area (Å²) in [5, 5.41) is 2.66. The summed E-state index contributed by atoms with van der Waals surface area (Å²) < 4.78 is 16.0. The van der Waals surface area contributed by atoms with Crippen molar-refractivity contribution >= 4 is 51.0 Å². The zero-order valence-corrected chi connectivity index (χ0v) is 17.9. The first-order chi connectivity index (χ1) is 13.7. The number of ether oxygens (including phenoxy) is 3. The third-order valence-electron chi connectivity index (χ3n) is 3.56. The van der Waals surface area contributed by atoms with Gasteiger partial charge in [0.25, 0.3) is 11.8 Å². The normalized spacial score (nSPS) is 10.2. The molecule has 0 unspecified atom stereocenters. The van der Waals surface area contributed by atoms with Gasteiger partial charge in [-0.3, -0.25) is 9.59 Å². The molecule has 0 aliphatic heterocycles. The van der Waals surface area contributed by atoms with Gasteiger partial charge in [0.05, 0.1) is 23.4 Å². The number of halogens is 2. The molecule has 29 heavy (non-hydrogen) atoms. The average molecular weight is 486 g/mol. The van der Waals surface area contributed by atoms with Crippen LogP contribution < -0.4 is 20.5 Å². The summed E-state index contributed by atoms with van der Waals surface area (Å²) in [6.45, 7) is 1.01. The number of carbonyl (C=O) groups excluding carboxylic acids is 3. The number of hydrogen-bond acceptors (Lipinski definition) is 6. The lowest BCUT2D eigenvalue weighted by Gasteiger charge is -2.13. The van der Waals surface area contributed by atoms with E-state index >= 15 is 0 Å². The maximum atomic E-state index is 12.3. The number of nitrogens with one attached hydrogen (secondary N) is 1. The Morgan fingerprint density at radius 1 is 1.17 bits per heavy atom. The summed E-state index contributed by atoms with van der Waals surface area (Å²) in [4.78, 5) is 35.2. The van der Waals surface area contributed by atoms with Gasteiger partial charge in [-0.2, -0.15) is 0 Å². The lowest BCUT2D eigenvalue weighted by molar-refractivity contribution is -0.120. The predicted molar refractivity (Wildman–Crippen MR) is 110 cm³/mol. The van der Waals surface area contributed by atoms with Crippen molar-refractivity contribution in [2.75, 3.05) is 25.6 Å². The van der Waals surface area contributed by atoms with Crippen LogP contribution in [-0.4, -0.2) is 38.1 Å². The molecule has 10 heteroatoms. The first-order valence-electron chi connectivity index (χ1n) is 8.23. The zero-order valence-electron chi connectivity index (χ0n) is 15.6. The molecule has 0 atom stereocenters. The third kappa shape index (κ3) is 6.37. The maximum absolute atomic E-state index is 12.3. The van der Waals surface area contributed by atoms with Gasteiger partial charge in [-0.15, -0.1) is 0 Å². The molecule has 0 saturated carbocycles. The summed E-state index contributed by atoms with van der Waals surface area (Å²) in [7, 11) is 1.34. The van der Waals surface area contributed by atoms with Gasteiger partial charge in [-0.1, -0.05) is 17.7 Å². The highest BCUT2D eigenvalue weighted by atomic mass is 79.9. The van der Waals surface area contributed by atoms with Gasteiger partial charge in [0.15, 0.2) is 24.7 Å². The standard InChI is InChI=1S/C19H18BrClN2O6/c1-10-3-4-14(12(20)5-10)23-17(25)9-29-19(26)11-6-13(21)18(15(7-11)27-2)28-8-16(22)24/h3-7H,8-9H2,1-2H3,(H2,22,24)(H,23,25). The zero-order chi connectivity index (χ0) is 21.6. The highest BCUT2D eigenvalue weighted by molar-refractivity contribution is 9.10. The average Bonchev–Trinajstić information content (AvgIpc) is 2.66. The van der Waals surface area contributed by atoms with Crippen LogP contribution in [0.5, 0.6) is 11.5 Å². The van der Waals surface area contributed by atoms with Gasteiger partial charge < -0.3 is 25.3 Å². The van der Waals surface area contributed by atoms with E-state index in [1.165, 1.54) is 19.2 Å². The fraction of sp³-hybridized carbons (Fsp3) is 0.211. The number of rotatable bonds is 8. The van der Waals surface area contributed by atoms with Crippen LogP contribution in [0.25, 0.3) is 0 Å². The molecule has 0 aromatic heterocycles. The number of aryl methyl sites for hydroxylation is 1. The Hall–Kier alpha value is -2.78. The fourth-order valence-corrected chi connectivity index (χ4v) is 3.10. The van der Waals surface area contributed by atoms with Crippen molar-refractivity contribution in [3.05, 3.63) is 51.0 Å². The van der Waals surface area contributed by atoms with Crippen molar-refractivity contribution in [2.24, 2.45) is 5.73 Å². The molecule has 0 aliphatic rings. The SMILES string of the molecule is COc1cc(C(=O)OCC(=O)Nc2ccc(C)cc2Br)cc(Cl)c1OCC(N)=O. The Balaban J connectivity index is 2.03. The fourth-order valence-electron chi connectivity index (χ4n) is 2.24. The minimum absolute atomic E-state index is 0.0191. The summed E-state index contributed by atoms with van der Waals surface area (Å²) in [6, 6.07) is 8.01. The van der Waals surface area contributed by atoms with Crippen LogP contribution >= 0.6 is 27.5 Å². The lowest BCUT2D eigenvalue weighted by Crippen LogP contribution is -2.21. The largest absolute Gasteiger partial charge is 0.493 e. The monoisotopic (exact) mass is 484 g/mol. The van der Waals surface area contributed by atoms with Crippen molar-refractivity contribution in [3.63, 3.8) is 0 Å². The van der Waals surface area contributed by atoms with Crippen LogP contribution in [0, 0.1) is 6.92 Å². The molecule has 0 spiro atoms. The number of amides is 2. The Kier molecular flexibility index (Phi) is 7.86. The van der Waals surface area contributed by atoms with Gasteiger partial charge in [0.1, 0.15) is 0 Å². The van der Waals surface area contributed by atoms with Crippen molar-refractivity contribution in [2.45, 2.75) is 6.92 Å². The molecule has 3 N–H and O–H groups in total. The molecule has 0 radical (unpaired) electrons. The number of carbonyl (C=O) groups is 3. The number of nitrogens with two attached hydrogens (primary N) is 1. The van der Waals surface area contributed by atoms with Crippen LogP contribution in [0.15, 0.2) is 34.8 Å². The van der Waals surface area contributed by atoms with Gasteiger partial charge in [-0.05, 0) is 52.7 Å². The summed E-state index contributed by atoms with van der Waals surface area (Å²) in [5.41, 5.74) is 6.66. The van der Waals surface area contributed by atoms with Crippen LogP contribution in [0.1, 0.15) is 15.9 Å². The van der Waals surface area contributed by atoms with Gasteiger partial charge in [0, 0.05) is 4.47 Å². The second-order valence-electron chi connectivity index (χ2n) is 5.85. The molecule has 154 valence electrons. The smallest absolute Gasteiger partial charge is 0.338 e. The van der Waals surface area contributed by atoms with Crippen molar-refractivity contribution in [3.8, 4) is 11.5 Å². The molecule has 0 bridgehead atoms. The molecule has 0 heterocycles. The predicted octanol–water partition coefficient (Wildman–Crippen LogP) is 3.08. The molecule has 2 aromatic carbocycles. The molecule has 2 aromatic rings. The van der Waals surface area contributed by atoms with Crippen LogP contribution in [0.3, 0.4) is 0 Å².